The zero-order valence-electron chi connectivity index (χ0n) is 11.0. The number of hydrogen-bond donors (Lipinski definition) is 2. The highest BCUT2D eigenvalue weighted by molar-refractivity contribution is 9.10. The highest BCUT2D eigenvalue weighted by Crippen LogP contribution is 2.41. The zero-order chi connectivity index (χ0) is 15.0. The van der Waals surface area contributed by atoms with Crippen LogP contribution in [-0.4, -0.2) is 21.9 Å². The van der Waals surface area contributed by atoms with Crippen LogP contribution < -0.4 is 5.73 Å². The second-order valence-electron chi connectivity index (χ2n) is 4.83. The fraction of sp³-hybridized carbons (Fsp3) is 0.462. The molecule has 0 saturated heterocycles. The lowest BCUT2D eigenvalue weighted by Gasteiger charge is -2.42. The van der Waals surface area contributed by atoms with Gasteiger partial charge >= 0.3 is 0 Å². The molecule has 3 N–H and O–H groups in total. The fourth-order valence-electron chi connectivity index (χ4n) is 2.19. The first-order valence-corrected chi connectivity index (χ1v) is 6.48. The average Bonchev–Trinajstić information content (AvgIpc) is 2.30. The summed E-state index contributed by atoms with van der Waals surface area (Å²) in [5.74, 6) is -0.739. The molecule has 0 spiro atoms. The second-order valence-corrected chi connectivity index (χ2v) is 5.65. The molecule has 3 nitrogen and oxygen atoms in total. The highest BCUT2D eigenvalue weighted by atomic mass is 79.9. The number of aliphatic hydroxyl groups is 1. The van der Waals surface area contributed by atoms with Gasteiger partial charge in [0.1, 0.15) is 16.1 Å². The maximum atomic E-state index is 15.1. The molecule has 0 aromatic carbocycles. The summed E-state index contributed by atoms with van der Waals surface area (Å²) in [5, 5.41) is 9.72. The van der Waals surface area contributed by atoms with Gasteiger partial charge in [-0.05, 0) is 54.4 Å². The number of halogens is 3. The van der Waals surface area contributed by atoms with Gasteiger partial charge in [0.05, 0.1) is 11.6 Å². The van der Waals surface area contributed by atoms with Crippen molar-refractivity contribution in [3.8, 4) is 0 Å². The summed E-state index contributed by atoms with van der Waals surface area (Å²) in [5.41, 5.74) is 1.45. The van der Waals surface area contributed by atoms with E-state index in [-0.39, 0.29) is 11.3 Å². The van der Waals surface area contributed by atoms with Crippen LogP contribution in [0.25, 0.3) is 0 Å². The molecule has 0 radical (unpaired) electrons. The summed E-state index contributed by atoms with van der Waals surface area (Å²) in [6.07, 6.45) is -1.46. The smallest absolute Gasteiger partial charge is 0.180 e. The number of alkyl halides is 1. The van der Waals surface area contributed by atoms with Crippen molar-refractivity contribution in [2.24, 2.45) is 5.73 Å². The van der Waals surface area contributed by atoms with Crippen molar-refractivity contribution in [1.29, 1.82) is 0 Å². The quantitative estimate of drug-likeness (QED) is 0.657. The summed E-state index contributed by atoms with van der Waals surface area (Å²) in [4.78, 5) is 3.90. The SMILES string of the molecule is C=C(C)C(F)([C@H](C)O)[C@](C)(N)c1nc(Br)ccc1F. The van der Waals surface area contributed by atoms with Crippen molar-refractivity contribution in [3.63, 3.8) is 0 Å². The van der Waals surface area contributed by atoms with Gasteiger partial charge in [-0.15, -0.1) is 0 Å². The molecule has 19 heavy (non-hydrogen) atoms. The van der Waals surface area contributed by atoms with Gasteiger partial charge in [-0.2, -0.15) is 0 Å². The van der Waals surface area contributed by atoms with Crippen LogP contribution >= 0.6 is 15.9 Å². The summed E-state index contributed by atoms with van der Waals surface area (Å²) in [6, 6.07) is 2.52. The minimum atomic E-state index is -2.40. The van der Waals surface area contributed by atoms with E-state index in [1.807, 2.05) is 0 Å². The Balaban J connectivity index is 3.52. The topological polar surface area (TPSA) is 59.1 Å². The van der Waals surface area contributed by atoms with Gasteiger partial charge in [0.2, 0.25) is 0 Å². The Labute approximate surface area is 119 Å². The lowest BCUT2D eigenvalue weighted by Crippen LogP contribution is -2.60. The number of nitrogens with zero attached hydrogens (tertiary/aromatic N) is 1. The molecule has 0 bridgehead atoms. The summed E-state index contributed by atoms with van der Waals surface area (Å²) >= 11 is 3.09. The summed E-state index contributed by atoms with van der Waals surface area (Å²) in [7, 11) is 0. The van der Waals surface area contributed by atoms with E-state index >= 15 is 4.39 Å². The van der Waals surface area contributed by atoms with Gasteiger partial charge in [-0.25, -0.2) is 13.8 Å². The fourth-order valence-corrected chi connectivity index (χ4v) is 2.50. The Bertz CT molecular complexity index is 505. The van der Waals surface area contributed by atoms with E-state index in [1.54, 1.807) is 0 Å². The lowest BCUT2D eigenvalue weighted by atomic mass is 9.73. The Morgan fingerprint density at radius 3 is 2.53 bits per heavy atom. The Kier molecular flexibility index (Phi) is 4.49. The first-order chi connectivity index (χ1) is 8.55. The number of aromatic nitrogens is 1. The molecule has 0 saturated carbocycles. The second kappa shape index (κ2) is 5.26. The van der Waals surface area contributed by atoms with E-state index in [4.69, 9.17) is 5.73 Å². The number of nitrogens with two attached hydrogens (primary N) is 1. The molecule has 1 aromatic heterocycles. The molecule has 1 unspecified atom stereocenters. The van der Waals surface area contributed by atoms with E-state index in [1.165, 1.54) is 26.8 Å². The molecule has 1 heterocycles. The standard InChI is InChI=1S/C13H17BrF2N2O/c1-7(2)13(16,8(3)19)12(4,17)11-9(15)5-6-10(14)18-11/h5-6,8,19H,1,17H2,2-4H3/t8-,12+,13?/m0/s1. The molecule has 0 aliphatic rings. The first-order valence-electron chi connectivity index (χ1n) is 5.69. The van der Waals surface area contributed by atoms with Crippen LogP contribution in [0.3, 0.4) is 0 Å². The van der Waals surface area contributed by atoms with Gasteiger partial charge in [0.15, 0.2) is 5.67 Å². The van der Waals surface area contributed by atoms with Crippen molar-refractivity contribution >= 4 is 15.9 Å². The Hall–Kier alpha value is -0.850. The minimum absolute atomic E-state index is 0.00803. The van der Waals surface area contributed by atoms with Crippen LogP contribution in [0.2, 0.25) is 0 Å². The molecule has 6 heteroatoms. The molecule has 0 aliphatic carbocycles. The molecular formula is C13H17BrF2N2O. The van der Waals surface area contributed by atoms with E-state index in [0.717, 1.165) is 6.07 Å². The van der Waals surface area contributed by atoms with Crippen LogP contribution in [0.5, 0.6) is 0 Å². The van der Waals surface area contributed by atoms with Crippen molar-refractivity contribution in [2.45, 2.75) is 38.1 Å². The maximum absolute atomic E-state index is 15.1. The third kappa shape index (κ3) is 2.57. The van der Waals surface area contributed by atoms with Crippen LogP contribution in [0.4, 0.5) is 8.78 Å². The first kappa shape index (κ1) is 16.2. The molecule has 1 rings (SSSR count). The van der Waals surface area contributed by atoms with Crippen molar-refractivity contribution in [2.75, 3.05) is 0 Å². The molecule has 106 valence electrons. The van der Waals surface area contributed by atoms with Crippen LogP contribution in [0, 0.1) is 5.82 Å². The van der Waals surface area contributed by atoms with E-state index < -0.39 is 23.1 Å². The van der Waals surface area contributed by atoms with Gasteiger partial charge in [-0.1, -0.05) is 6.58 Å². The highest BCUT2D eigenvalue weighted by Gasteiger charge is 2.54. The predicted molar refractivity (Wildman–Crippen MR) is 73.8 cm³/mol. The monoisotopic (exact) mass is 334 g/mol. The zero-order valence-corrected chi connectivity index (χ0v) is 12.6. The minimum Gasteiger partial charge on any atom is -0.390 e. The van der Waals surface area contributed by atoms with Crippen molar-refractivity contribution < 1.29 is 13.9 Å². The van der Waals surface area contributed by atoms with Gasteiger partial charge in [0, 0.05) is 0 Å². The molecule has 0 fully saturated rings. The lowest BCUT2D eigenvalue weighted by molar-refractivity contribution is -0.0258. The number of aliphatic hydroxyl groups excluding tert-OH is 1. The molecule has 1 aromatic rings. The van der Waals surface area contributed by atoms with Gasteiger partial charge in [-0.3, -0.25) is 0 Å². The summed E-state index contributed by atoms with van der Waals surface area (Å²) < 4.78 is 29.3. The summed E-state index contributed by atoms with van der Waals surface area (Å²) in [6.45, 7) is 7.44. The molecule has 0 amide bonds. The molecule has 0 aliphatic heterocycles. The van der Waals surface area contributed by atoms with Crippen LogP contribution in [-0.2, 0) is 5.54 Å². The Morgan fingerprint density at radius 1 is 1.58 bits per heavy atom. The number of rotatable bonds is 4. The average molecular weight is 335 g/mol. The van der Waals surface area contributed by atoms with Crippen molar-refractivity contribution in [3.05, 3.63) is 40.4 Å². The number of hydrogen-bond acceptors (Lipinski definition) is 3. The Morgan fingerprint density at radius 2 is 2.11 bits per heavy atom. The third-order valence-corrected chi connectivity index (χ3v) is 3.70. The van der Waals surface area contributed by atoms with Gasteiger partial charge < -0.3 is 10.8 Å². The molecular weight excluding hydrogens is 318 g/mol. The van der Waals surface area contributed by atoms with Crippen molar-refractivity contribution in [1.82, 2.24) is 4.98 Å². The van der Waals surface area contributed by atoms with Crippen LogP contribution in [0.15, 0.2) is 28.9 Å². The predicted octanol–water partition coefficient (Wildman–Crippen LogP) is 2.82. The van der Waals surface area contributed by atoms with E-state index in [0.29, 0.717) is 4.60 Å². The van der Waals surface area contributed by atoms with E-state index in [9.17, 15) is 9.50 Å². The maximum Gasteiger partial charge on any atom is 0.180 e. The largest absolute Gasteiger partial charge is 0.390 e. The third-order valence-electron chi connectivity index (χ3n) is 3.26. The van der Waals surface area contributed by atoms with E-state index in [2.05, 4.69) is 27.5 Å². The normalized spacial score (nSPS) is 19.4. The number of pyridine rings is 1. The van der Waals surface area contributed by atoms with Gasteiger partial charge in [0.25, 0.3) is 0 Å². The molecule has 3 atom stereocenters. The van der Waals surface area contributed by atoms with Crippen LogP contribution in [0.1, 0.15) is 26.5 Å².